The van der Waals surface area contributed by atoms with Gasteiger partial charge < -0.3 is 9.64 Å². The molecule has 122 valence electrons. The first-order chi connectivity index (χ1) is 11.3. The van der Waals surface area contributed by atoms with E-state index in [0.29, 0.717) is 6.04 Å². The molecule has 0 bridgehead atoms. The maximum Gasteiger partial charge on any atom is 0.118 e. The van der Waals surface area contributed by atoms with Crippen LogP contribution in [-0.2, 0) is 6.42 Å². The van der Waals surface area contributed by atoms with E-state index in [0.717, 1.165) is 38.3 Å². The zero-order chi connectivity index (χ0) is 16.1. The lowest BCUT2D eigenvalue weighted by Gasteiger charge is -2.39. The highest BCUT2D eigenvalue weighted by molar-refractivity contribution is 5.46. The summed E-state index contributed by atoms with van der Waals surface area (Å²) in [6.45, 7) is 6.81. The Morgan fingerprint density at radius 2 is 1.57 bits per heavy atom. The Morgan fingerprint density at radius 3 is 2.17 bits per heavy atom. The summed E-state index contributed by atoms with van der Waals surface area (Å²) in [7, 11) is 1.71. The van der Waals surface area contributed by atoms with Crippen molar-refractivity contribution in [2.24, 2.45) is 0 Å². The molecule has 2 aromatic carbocycles. The fourth-order valence-corrected chi connectivity index (χ4v) is 3.29. The van der Waals surface area contributed by atoms with Gasteiger partial charge in [-0.05, 0) is 43.2 Å². The van der Waals surface area contributed by atoms with Crippen LogP contribution >= 0.6 is 0 Å². The standard InChI is InChI=1S/C20H26N2O/c1-17(16-18-8-10-20(23-2)11-9-18)21-12-14-22(15-13-21)19-6-4-3-5-7-19/h3-11,17H,12-16H2,1-2H3. The van der Waals surface area contributed by atoms with Gasteiger partial charge in [0.2, 0.25) is 0 Å². The van der Waals surface area contributed by atoms with E-state index in [2.05, 4.69) is 71.3 Å². The molecule has 3 heteroatoms. The predicted molar refractivity (Wildman–Crippen MR) is 96.4 cm³/mol. The Labute approximate surface area is 139 Å². The number of nitrogens with zero attached hydrogens (tertiary/aromatic N) is 2. The first kappa shape index (κ1) is 15.9. The SMILES string of the molecule is COc1ccc(CC(C)N2CCN(c3ccccc3)CC2)cc1. The largest absolute Gasteiger partial charge is 0.497 e. The molecule has 3 rings (SSSR count). The number of rotatable bonds is 5. The number of ether oxygens (including phenoxy) is 1. The third-order valence-electron chi connectivity index (χ3n) is 4.75. The average molecular weight is 310 g/mol. The molecule has 0 spiro atoms. The fourth-order valence-electron chi connectivity index (χ4n) is 3.29. The Balaban J connectivity index is 1.52. The molecule has 1 heterocycles. The Hall–Kier alpha value is -2.00. The lowest BCUT2D eigenvalue weighted by atomic mass is 10.0. The molecule has 0 N–H and O–H groups in total. The second-order valence-corrected chi connectivity index (χ2v) is 6.26. The summed E-state index contributed by atoms with van der Waals surface area (Å²) >= 11 is 0. The number of benzene rings is 2. The van der Waals surface area contributed by atoms with E-state index in [1.54, 1.807) is 7.11 Å². The summed E-state index contributed by atoms with van der Waals surface area (Å²) in [6, 6.07) is 19.8. The highest BCUT2D eigenvalue weighted by atomic mass is 16.5. The van der Waals surface area contributed by atoms with Crippen molar-refractivity contribution in [3.05, 3.63) is 60.2 Å². The van der Waals surface area contributed by atoms with Crippen molar-refractivity contribution in [2.45, 2.75) is 19.4 Å². The molecule has 0 amide bonds. The summed E-state index contributed by atoms with van der Waals surface area (Å²) in [5.74, 6) is 0.929. The van der Waals surface area contributed by atoms with Crippen molar-refractivity contribution in [2.75, 3.05) is 38.2 Å². The second-order valence-electron chi connectivity index (χ2n) is 6.26. The summed E-state index contributed by atoms with van der Waals surface area (Å²) in [6.07, 6.45) is 1.09. The molecule has 1 fully saturated rings. The van der Waals surface area contributed by atoms with E-state index in [-0.39, 0.29) is 0 Å². The minimum atomic E-state index is 0.571. The number of para-hydroxylation sites is 1. The van der Waals surface area contributed by atoms with E-state index >= 15 is 0 Å². The highest BCUT2D eigenvalue weighted by Gasteiger charge is 2.21. The van der Waals surface area contributed by atoms with Crippen LogP contribution < -0.4 is 9.64 Å². The molecule has 0 aromatic heterocycles. The maximum atomic E-state index is 5.23. The van der Waals surface area contributed by atoms with E-state index in [4.69, 9.17) is 4.74 Å². The van der Waals surface area contributed by atoms with E-state index in [1.807, 2.05) is 0 Å². The van der Waals surface area contributed by atoms with Crippen molar-refractivity contribution in [3.63, 3.8) is 0 Å². The van der Waals surface area contributed by atoms with Crippen LogP contribution in [0.4, 0.5) is 5.69 Å². The molecule has 2 aromatic rings. The molecular weight excluding hydrogens is 284 g/mol. The van der Waals surface area contributed by atoms with Crippen molar-refractivity contribution >= 4 is 5.69 Å². The van der Waals surface area contributed by atoms with Gasteiger partial charge in [-0.2, -0.15) is 0 Å². The Morgan fingerprint density at radius 1 is 0.913 bits per heavy atom. The first-order valence-electron chi connectivity index (χ1n) is 8.43. The summed E-state index contributed by atoms with van der Waals surface area (Å²) in [5, 5.41) is 0. The van der Waals surface area contributed by atoms with Gasteiger partial charge >= 0.3 is 0 Å². The van der Waals surface area contributed by atoms with Crippen LogP contribution in [0.25, 0.3) is 0 Å². The van der Waals surface area contributed by atoms with Gasteiger partial charge in [-0.1, -0.05) is 30.3 Å². The molecule has 0 aliphatic carbocycles. The highest BCUT2D eigenvalue weighted by Crippen LogP contribution is 2.19. The lowest BCUT2D eigenvalue weighted by molar-refractivity contribution is 0.196. The molecule has 1 unspecified atom stereocenters. The van der Waals surface area contributed by atoms with Gasteiger partial charge in [0.25, 0.3) is 0 Å². The molecular formula is C20H26N2O. The van der Waals surface area contributed by atoms with Crippen LogP contribution in [0, 0.1) is 0 Å². The minimum absolute atomic E-state index is 0.571. The minimum Gasteiger partial charge on any atom is -0.497 e. The maximum absolute atomic E-state index is 5.23. The van der Waals surface area contributed by atoms with Crippen molar-refractivity contribution in [1.29, 1.82) is 0 Å². The zero-order valence-electron chi connectivity index (χ0n) is 14.1. The van der Waals surface area contributed by atoms with Gasteiger partial charge in [0.1, 0.15) is 5.75 Å². The summed E-state index contributed by atoms with van der Waals surface area (Å²) in [4.78, 5) is 5.08. The van der Waals surface area contributed by atoms with Crippen molar-refractivity contribution in [3.8, 4) is 5.75 Å². The number of hydrogen-bond acceptors (Lipinski definition) is 3. The fraction of sp³-hybridized carbons (Fsp3) is 0.400. The van der Waals surface area contributed by atoms with Crippen LogP contribution in [0.15, 0.2) is 54.6 Å². The summed E-state index contributed by atoms with van der Waals surface area (Å²) in [5.41, 5.74) is 2.72. The van der Waals surface area contributed by atoms with Crippen LogP contribution in [0.5, 0.6) is 5.75 Å². The quantitative estimate of drug-likeness (QED) is 0.841. The number of methoxy groups -OCH3 is 1. The van der Waals surface area contributed by atoms with Crippen LogP contribution in [0.1, 0.15) is 12.5 Å². The first-order valence-corrected chi connectivity index (χ1v) is 8.43. The normalized spacial score (nSPS) is 17.0. The number of anilines is 1. The van der Waals surface area contributed by atoms with Crippen LogP contribution in [0.3, 0.4) is 0 Å². The van der Waals surface area contributed by atoms with E-state index < -0.39 is 0 Å². The van der Waals surface area contributed by atoms with Gasteiger partial charge in [-0.15, -0.1) is 0 Å². The van der Waals surface area contributed by atoms with E-state index in [9.17, 15) is 0 Å². The second kappa shape index (κ2) is 7.51. The smallest absolute Gasteiger partial charge is 0.118 e. The third-order valence-corrected chi connectivity index (χ3v) is 4.75. The Kier molecular flexibility index (Phi) is 5.19. The molecule has 1 atom stereocenters. The van der Waals surface area contributed by atoms with Crippen molar-refractivity contribution in [1.82, 2.24) is 4.90 Å². The molecule has 1 saturated heterocycles. The topological polar surface area (TPSA) is 15.7 Å². The number of hydrogen-bond donors (Lipinski definition) is 0. The van der Waals surface area contributed by atoms with Gasteiger partial charge in [0.15, 0.2) is 0 Å². The average Bonchev–Trinajstić information content (AvgIpc) is 2.63. The van der Waals surface area contributed by atoms with Gasteiger partial charge in [-0.25, -0.2) is 0 Å². The van der Waals surface area contributed by atoms with Gasteiger partial charge in [0.05, 0.1) is 7.11 Å². The monoisotopic (exact) mass is 310 g/mol. The molecule has 1 aliphatic heterocycles. The zero-order valence-corrected chi connectivity index (χ0v) is 14.1. The van der Waals surface area contributed by atoms with Gasteiger partial charge in [0, 0.05) is 37.9 Å². The van der Waals surface area contributed by atoms with Gasteiger partial charge in [-0.3, -0.25) is 4.90 Å². The Bertz CT molecular complexity index is 589. The number of piperazine rings is 1. The lowest BCUT2D eigenvalue weighted by Crippen LogP contribution is -2.50. The van der Waals surface area contributed by atoms with Crippen LogP contribution in [0.2, 0.25) is 0 Å². The van der Waals surface area contributed by atoms with E-state index in [1.165, 1.54) is 11.3 Å². The van der Waals surface area contributed by atoms with Crippen LogP contribution in [-0.4, -0.2) is 44.2 Å². The summed E-state index contributed by atoms with van der Waals surface area (Å²) < 4.78 is 5.23. The molecule has 0 saturated carbocycles. The molecule has 0 radical (unpaired) electrons. The third kappa shape index (κ3) is 4.05. The molecule has 1 aliphatic rings. The predicted octanol–water partition coefficient (Wildman–Crippen LogP) is 3.45. The molecule has 23 heavy (non-hydrogen) atoms. The van der Waals surface area contributed by atoms with Crippen molar-refractivity contribution < 1.29 is 4.74 Å². The molecule has 3 nitrogen and oxygen atoms in total.